The van der Waals surface area contributed by atoms with Crippen LogP contribution < -0.4 is 5.32 Å². The Hall–Kier alpha value is -0.450. The van der Waals surface area contributed by atoms with Gasteiger partial charge in [0.2, 0.25) is 0 Å². The summed E-state index contributed by atoms with van der Waals surface area (Å²) in [5.74, 6) is 0.741. The first-order valence-corrected chi connectivity index (χ1v) is 7.39. The van der Waals surface area contributed by atoms with E-state index in [-0.39, 0.29) is 0 Å². The number of hydrogen-bond donors (Lipinski definition) is 1. The minimum absolute atomic E-state index is 0.658. The molecule has 94 valence electrons. The Bertz CT molecular complexity index is 383. The van der Waals surface area contributed by atoms with Gasteiger partial charge < -0.3 is 10.1 Å². The van der Waals surface area contributed by atoms with Crippen LogP contribution in [0.5, 0.6) is 0 Å². The van der Waals surface area contributed by atoms with Crippen molar-refractivity contribution in [3.05, 3.63) is 15.6 Å². The normalized spacial score (nSPS) is 20.5. The van der Waals surface area contributed by atoms with Crippen LogP contribution in [-0.4, -0.2) is 18.1 Å². The molecule has 2 saturated carbocycles. The number of methoxy groups -OCH3 is 1. The van der Waals surface area contributed by atoms with Crippen molar-refractivity contribution in [1.82, 2.24) is 10.3 Å². The topological polar surface area (TPSA) is 34.1 Å². The van der Waals surface area contributed by atoms with Crippen LogP contribution in [0.2, 0.25) is 0 Å². The lowest BCUT2D eigenvalue weighted by molar-refractivity contribution is 0.181. The van der Waals surface area contributed by atoms with Crippen LogP contribution in [0.3, 0.4) is 0 Å². The van der Waals surface area contributed by atoms with E-state index in [9.17, 15) is 0 Å². The van der Waals surface area contributed by atoms with Gasteiger partial charge in [-0.05, 0) is 25.7 Å². The lowest BCUT2D eigenvalue weighted by Crippen LogP contribution is -2.15. The van der Waals surface area contributed by atoms with Crippen molar-refractivity contribution < 1.29 is 4.74 Å². The molecule has 17 heavy (non-hydrogen) atoms. The molecule has 0 atom stereocenters. The van der Waals surface area contributed by atoms with E-state index in [1.54, 1.807) is 7.11 Å². The Morgan fingerprint density at radius 1 is 1.35 bits per heavy atom. The minimum Gasteiger partial charge on any atom is -0.378 e. The fraction of sp³-hybridized carbons (Fsp3) is 0.769. The summed E-state index contributed by atoms with van der Waals surface area (Å²) < 4.78 is 5.25. The maximum atomic E-state index is 5.25. The third kappa shape index (κ3) is 2.69. The summed E-state index contributed by atoms with van der Waals surface area (Å²) in [6, 6.07) is 0.764. The predicted molar refractivity (Wildman–Crippen MR) is 69.3 cm³/mol. The van der Waals surface area contributed by atoms with Gasteiger partial charge in [0.25, 0.3) is 0 Å². The van der Waals surface area contributed by atoms with Crippen LogP contribution in [0.4, 0.5) is 0 Å². The Morgan fingerprint density at radius 2 is 2.18 bits per heavy atom. The number of aromatic nitrogens is 1. The molecule has 2 fully saturated rings. The smallest absolute Gasteiger partial charge is 0.0963 e. The molecule has 0 radical (unpaired) electrons. The van der Waals surface area contributed by atoms with Gasteiger partial charge in [-0.15, -0.1) is 11.3 Å². The molecule has 0 spiro atoms. The number of ether oxygens (including phenoxy) is 1. The molecule has 0 saturated heterocycles. The maximum absolute atomic E-state index is 5.25. The zero-order chi connectivity index (χ0) is 11.7. The van der Waals surface area contributed by atoms with Gasteiger partial charge in [0.15, 0.2) is 0 Å². The highest BCUT2D eigenvalue weighted by molar-refractivity contribution is 7.11. The van der Waals surface area contributed by atoms with Gasteiger partial charge in [-0.2, -0.15) is 0 Å². The summed E-state index contributed by atoms with van der Waals surface area (Å²) >= 11 is 1.90. The van der Waals surface area contributed by atoms with E-state index in [1.165, 1.54) is 42.0 Å². The van der Waals surface area contributed by atoms with Gasteiger partial charge >= 0.3 is 0 Å². The summed E-state index contributed by atoms with van der Waals surface area (Å²) in [5.41, 5.74) is 1.16. The Morgan fingerprint density at radius 3 is 2.76 bits per heavy atom. The standard InChI is InChI=1S/C13H20N2OS/c1-16-8-11-12(7-14-10-5-6-10)17-13(15-11)9-3-2-4-9/h9-10,14H,2-8H2,1H3. The Labute approximate surface area is 107 Å². The third-order valence-corrected chi connectivity index (χ3v) is 4.92. The Kier molecular flexibility index (Phi) is 3.45. The van der Waals surface area contributed by atoms with Gasteiger partial charge in [-0.1, -0.05) is 6.42 Å². The number of hydrogen-bond acceptors (Lipinski definition) is 4. The van der Waals surface area contributed by atoms with Crippen molar-refractivity contribution >= 4 is 11.3 Å². The van der Waals surface area contributed by atoms with Crippen molar-refractivity contribution in [2.75, 3.05) is 7.11 Å². The number of rotatable bonds is 6. The zero-order valence-electron chi connectivity index (χ0n) is 10.4. The molecule has 0 aliphatic heterocycles. The van der Waals surface area contributed by atoms with Crippen molar-refractivity contribution in [3.8, 4) is 0 Å². The largest absolute Gasteiger partial charge is 0.378 e. The molecule has 1 aromatic rings. The van der Waals surface area contributed by atoms with Crippen LogP contribution in [0, 0.1) is 0 Å². The molecular weight excluding hydrogens is 232 g/mol. The molecule has 1 aromatic heterocycles. The fourth-order valence-corrected chi connectivity index (χ4v) is 3.33. The van der Waals surface area contributed by atoms with Crippen LogP contribution in [0.15, 0.2) is 0 Å². The predicted octanol–water partition coefficient (Wildman–Crippen LogP) is 2.81. The van der Waals surface area contributed by atoms with Gasteiger partial charge in [-0.3, -0.25) is 0 Å². The van der Waals surface area contributed by atoms with E-state index >= 15 is 0 Å². The van der Waals surface area contributed by atoms with Crippen molar-refractivity contribution in [1.29, 1.82) is 0 Å². The summed E-state index contributed by atoms with van der Waals surface area (Å²) in [6.07, 6.45) is 6.71. The van der Waals surface area contributed by atoms with Crippen LogP contribution in [0.25, 0.3) is 0 Å². The summed E-state index contributed by atoms with van der Waals surface area (Å²) in [4.78, 5) is 6.16. The van der Waals surface area contributed by atoms with Crippen LogP contribution in [-0.2, 0) is 17.9 Å². The molecule has 0 aromatic carbocycles. The van der Waals surface area contributed by atoms with E-state index in [1.807, 2.05) is 11.3 Å². The van der Waals surface area contributed by atoms with Crippen molar-refractivity contribution in [3.63, 3.8) is 0 Å². The maximum Gasteiger partial charge on any atom is 0.0963 e. The first kappa shape index (κ1) is 11.6. The molecule has 1 N–H and O–H groups in total. The van der Waals surface area contributed by atoms with Gasteiger partial charge in [0, 0.05) is 30.5 Å². The summed E-state index contributed by atoms with van der Waals surface area (Å²) in [6.45, 7) is 1.64. The molecule has 3 rings (SSSR count). The van der Waals surface area contributed by atoms with Crippen LogP contribution >= 0.6 is 11.3 Å². The number of nitrogens with one attached hydrogen (secondary N) is 1. The zero-order valence-corrected chi connectivity index (χ0v) is 11.2. The second-order valence-electron chi connectivity index (χ2n) is 5.14. The molecular formula is C13H20N2OS. The first-order chi connectivity index (χ1) is 8.36. The first-order valence-electron chi connectivity index (χ1n) is 6.57. The highest BCUT2D eigenvalue weighted by atomic mass is 32.1. The third-order valence-electron chi connectivity index (χ3n) is 3.66. The second-order valence-corrected chi connectivity index (χ2v) is 6.25. The molecule has 3 nitrogen and oxygen atoms in total. The van der Waals surface area contributed by atoms with Gasteiger partial charge in [0.05, 0.1) is 17.3 Å². The highest BCUT2D eigenvalue weighted by Crippen LogP contribution is 2.39. The SMILES string of the molecule is COCc1nc(C2CCC2)sc1CNC1CC1. The number of nitrogens with zero attached hydrogens (tertiary/aromatic N) is 1. The molecule has 4 heteroatoms. The van der Waals surface area contributed by atoms with Gasteiger partial charge in [-0.25, -0.2) is 4.98 Å². The van der Waals surface area contributed by atoms with E-state index in [4.69, 9.17) is 9.72 Å². The van der Waals surface area contributed by atoms with Crippen molar-refractivity contribution in [2.24, 2.45) is 0 Å². The van der Waals surface area contributed by atoms with Crippen molar-refractivity contribution in [2.45, 2.75) is 57.2 Å². The average Bonchev–Trinajstić information content (AvgIpc) is 2.98. The molecule has 2 aliphatic carbocycles. The Balaban J connectivity index is 1.70. The highest BCUT2D eigenvalue weighted by Gasteiger charge is 2.26. The average molecular weight is 252 g/mol. The molecule has 0 amide bonds. The van der Waals surface area contributed by atoms with Gasteiger partial charge in [0.1, 0.15) is 0 Å². The van der Waals surface area contributed by atoms with Crippen LogP contribution in [0.1, 0.15) is 53.6 Å². The summed E-state index contributed by atoms with van der Waals surface area (Å²) in [5, 5.41) is 4.92. The summed E-state index contributed by atoms with van der Waals surface area (Å²) in [7, 11) is 1.75. The van der Waals surface area contributed by atoms with E-state index < -0.39 is 0 Å². The molecule has 0 bridgehead atoms. The lowest BCUT2D eigenvalue weighted by Gasteiger charge is -2.22. The van der Waals surface area contributed by atoms with E-state index in [0.29, 0.717) is 6.61 Å². The molecule has 0 unspecified atom stereocenters. The minimum atomic E-state index is 0.658. The lowest BCUT2D eigenvalue weighted by atomic mass is 9.86. The van der Waals surface area contributed by atoms with E-state index in [2.05, 4.69) is 5.32 Å². The molecule has 1 heterocycles. The monoisotopic (exact) mass is 252 g/mol. The van der Waals surface area contributed by atoms with E-state index in [0.717, 1.165) is 24.2 Å². The number of thiazole rings is 1. The second kappa shape index (κ2) is 5.04. The fourth-order valence-electron chi connectivity index (χ4n) is 2.15. The quantitative estimate of drug-likeness (QED) is 0.845. The molecule has 2 aliphatic rings.